The zero-order chi connectivity index (χ0) is 16.5. The van der Waals surface area contributed by atoms with Crippen molar-refractivity contribution in [2.75, 3.05) is 5.32 Å². The number of nitrogens with one attached hydrogen (secondary N) is 1. The van der Waals surface area contributed by atoms with Crippen molar-refractivity contribution in [3.05, 3.63) is 35.5 Å². The minimum atomic E-state index is 0.0637. The first-order valence-electron chi connectivity index (χ1n) is 8.53. The molecular weight excluding hydrogens is 320 g/mol. The molecule has 0 radical (unpaired) electrons. The number of unbranched alkanes of at least 4 members (excludes halogenated alkanes) is 1. The van der Waals surface area contributed by atoms with Crippen molar-refractivity contribution in [1.82, 2.24) is 14.8 Å². The Labute approximate surface area is 144 Å². The summed E-state index contributed by atoms with van der Waals surface area (Å²) in [5, 5.41) is 8.65. The molecular formula is C18H20N4OS. The van der Waals surface area contributed by atoms with Gasteiger partial charge in [0.05, 0.1) is 15.9 Å². The van der Waals surface area contributed by atoms with Crippen molar-refractivity contribution in [2.45, 2.75) is 45.4 Å². The van der Waals surface area contributed by atoms with Crippen LogP contribution < -0.4 is 5.32 Å². The molecule has 1 aliphatic carbocycles. The Bertz CT molecular complexity index is 863. The standard InChI is InChI=1S/C18H20N4OS/c1-2-3-11-16(23)20-17-12-7-6-9-13(12)21-22(17)18-19-14-8-4-5-10-15(14)24-18/h4-5,8,10H,2-3,6-7,9,11H2,1H3,(H,20,23). The van der Waals surface area contributed by atoms with Crippen molar-refractivity contribution in [2.24, 2.45) is 0 Å². The van der Waals surface area contributed by atoms with Crippen molar-refractivity contribution in [1.29, 1.82) is 0 Å². The zero-order valence-corrected chi connectivity index (χ0v) is 14.5. The topological polar surface area (TPSA) is 59.8 Å². The summed E-state index contributed by atoms with van der Waals surface area (Å²) in [6.07, 6.45) is 5.53. The van der Waals surface area contributed by atoms with Gasteiger partial charge in [0.25, 0.3) is 0 Å². The van der Waals surface area contributed by atoms with Crippen LogP contribution >= 0.6 is 11.3 Å². The van der Waals surface area contributed by atoms with Gasteiger partial charge in [-0.2, -0.15) is 9.78 Å². The monoisotopic (exact) mass is 340 g/mol. The van der Waals surface area contributed by atoms with Crippen LogP contribution in [0.2, 0.25) is 0 Å². The predicted molar refractivity (Wildman–Crippen MR) is 96.9 cm³/mol. The van der Waals surface area contributed by atoms with Crippen LogP contribution in [0.5, 0.6) is 0 Å². The molecule has 1 aliphatic rings. The van der Waals surface area contributed by atoms with Crippen LogP contribution in [-0.2, 0) is 17.6 Å². The number of thiazole rings is 1. The number of amides is 1. The molecule has 1 N–H and O–H groups in total. The average Bonchev–Trinajstić information content (AvgIpc) is 3.27. The molecule has 0 atom stereocenters. The van der Waals surface area contributed by atoms with E-state index in [4.69, 9.17) is 10.1 Å². The molecule has 0 fully saturated rings. The fourth-order valence-corrected chi connectivity index (χ4v) is 4.07. The number of fused-ring (bicyclic) bond motifs is 2. The number of para-hydroxylation sites is 1. The number of carbonyl (C=O) groups excluding carboxylic acids is 1. The van der Waals surface area contributed by atoms with Crippen LogP contribution in [-0.4, -0.2) is 20.7 Å². The predicted octanol–water partition coefficient (Wildman–Crippen LogP) is 4.10. The molecule has 1 amide bonds. The first-order chi connectivity index (χ1) is 11.8. The lowest BCUT2D eigenvalue weighted by molar-refractivity contribution is -0.116. The maximum Gasteiger partial charge on any atom is 0.225 e. The zero-order valence-electron chi connectivity index (χ0n) is 13.7. The number of hydrogen-bond donors (Lipinski definition) is 1. The van der Waals surface area contributed by atoms with E-state index in [1.165, 1.54) is 5.56 Å². The summed E-state index contributed by atoms with van der Waals surface area (Å²) in [6.45, 7) is 2.09. The summed E-state index contributed by atoms with van der Waals surface area (Å²) in [5.74, 6) is 0.886. The minimum Gasteiger partial charge on any atom is -0.310 e. The number of anilines is 1. The molecule has 124 valence electrons. The van der Waals surface area contributed by atoms with Gasteiger partial charge in [-0.1, -0.05) is 36.8 Å². The first kappa shape index (κ1) is 15.3. The van der Waals surface area contributed by atoms with E-state index in [2.05, 4.69) is 18.3 Å². The third-order valence-electron chi connectivity index (χ3n) is 4.39. The van der Waals surface area contributed by atoms with Gasteiger partial charge in [-0.05, 0) is 37.8 Å². The second kappa shape index (κ2) is 6.36. The summed E-state index contributed by atoms with van der Waals surface area (Å²) < 4.78 is 2.96. The molecule has 1 aromatic carbocycles. The van der Waals surface area contributed by atoms with E-state index in [-0.39, 0.29) is 5.91 Å². The van der Waals surface area contributed by atoms with Gasteiger partial charge in [0, 0.05) is 12.0 Å². The molecule has 0 bridgehead atoms. The molecule has 2 aromatic heterocycles. The highest BCUT2D eigenvalue weighted by molar-refractivity contribution is 7.20. The number of carbonyl (C=O) groups is 1. The van der Waals surface area contributed by atoms with E-state index >= 15 is 0 Å². The van der Waals surface area contributed by atoms with Gasteiger partial charge in [0.2, 0.25) is 11.0 Å². The summed E-state index contributed by atoms with van der Waals surface area (Å²) in [4.78, 5) is 16.9. The van der Waals surface area contributed by atoms with E-state index in [1.807, 2.05) is 22.9 Å². The number of aryl methyl sites for hydroxylation is 1. The Hall–Kier alpha value is -2.21. The molecule has 0 spiro atoms. The molecule has 2 heterocycles. The molecule has 0 unspecified atom stereocenters. The summed E-state index contributed by atoms with van der Waals surface area (Å²) in [5.41, 5.74) is 3.25. The van der Waals surface area contributed by atoms with Crippen LogP contribution in [0.3, 0.4) is 0 Å². The van der Waals surface area contributed by atoms with Crippen LogP contribution in [0.25, 0.3) is 15.3 Å². The number of benzene rings is 1. The van der Waals surface area contributed by atoms with E-state index in [0.717, 1.165) is 59.0 Å². The van der Waals surface area contributed by atoms with Gasteiger partial charge in [-0.25, -0.2) is 4.98 Å². The molecule has 6 heteroatoms. The molecule has 0 aliphatic heterocycles. The molecule has 0 saturated heterocycles. The van der Waals surface area contributed by atoms with Crippen molar-refractivity contribution < 1.29 is 4.79 Å². The molecule has 4 rings (SSSR count). The molecule has 5 nitrogen and oxygen atoms in total. The van der Waals surface area contributed by atoms with Crippen LogP contribution in [0, 0.1) is 0 Å². The lowest BCUT2D eigenvalue weighted by Crippen LogP contribution is -2.15. The third kappa shape index (κ3) is 2.71. The maximum absolute atomic E-state index is 12.3. The molecule has 3 aromatic rings. The fraction of sp³-hybridized carbons (Fsp3) is 0.389. The maximum atomic E-state index is 12.3. The second-order valence-electron chi connectivity index (χ2n) is 6.16. The highest BCUT2D eigenvalue weighted by Gasteiger charge is 2.25. The Morgan fingerprint density at radius 1 is 1.33 bits per heavy atom. The van der Waals surface area contributed by atoms with Gasteiger partial charge in [0.15, 0.2) is 0 Å². The largest absolute Gasteiger partial charge is 0.310 e. The minimum absolute atomic E-state index is 0.0637. The van der Waals surface area contributed by atoms with Crippen molar-refractivity contribution in [3.63, 3.8) is 0 Å². The van der Waals surface area contributed by atoms with Gasteiger partial charge in [-0.3, -0.25) is 4.79 Å². The summed E-state index contributed by atoms with van der Waals surface area (Å²) in [7, 11) is 0. The quantitative estimate of drug-likeness (QED) is 0.761. The lowest BCUT2D eigenvalue weighted by atomic mass is 10.2. The SMILES string of the molecule is CCCCC(=O)Nc1c2c(nn1-c1nc3ccccc3s1)CCC2. The van der Waals surface area contributed by atoms with E-state index < -0.39 is 0 Å². The van der Waals surface area contributed by atoms with Gasteiger partial charge < -0.3 is 5.32 Å². The van der Waals surface area contributed by atoms with Crippen LogP contribution in [0.4, 0.5) is 5.82 Å². The first-order valence-corrected chi connectivity index (χ1v) is 9.34. The average molecular weight is 340 g/mol. The highest BCUT2D eigenvalue weighted by Crippen LogP contribution is 2.33. The molecule has 24 heavy (non-hydrogen) atoms. The normalized spacial score (nSPS) is 13.4. The number of aromatic nitrogens is 3. The third-order valence-corrected chi connectivity index (χ3v) is 5.40. The summed E-state index contributed by atoms with van der Waals surface area (Å²) >= 11 is 1.60. The smallest absolute Gasteiger partial charge is 0.225 e. The van der Waals surface area contributed by atoms with Gasteiger partial charge in [-0.15, -0.1) is 0 Å². The van der Waals surface area contributed by atoms with Crippen LogP contribution in [0.1, 0.15) is 43.9 Å². The number of rotatable bonds is 5. The second-order valence-corrected chi connectivity index (χ2v) is 7.16. The fourth-order valence-electron chi connectivity index (χ4n) is 3.14. The lowest BCUT2D eigenvalue weighted by Gasteiger charge is -2.08. The summed E-state index contributed by atoms with van der Waals surface area (Å²) in [6, 6.07) is 8.07. The van der Waals surface area contributed by atoms with Crippen molar-refractivity contribution >= 4 is 33.3 Å². The Kier molecular flexibility index (Phi) is 4.06. The van der Waals surface area contributed by atoms with E-state index in [1.54, 1.807) is 11.3 Å². The van der Waals surface area contributed by atoms with E-state index in [9.17, 15) is 4.79 Å². The number of hydrogen-bond acceptors (Lipinski definition) is 4. The van der Waals surface area contributed by atoms with Gasteiger partial charge in [0.1, 0.15) is 5.82 Å². The molecule has 0 saturated carbocycles. The Morgan fingerprint density at radius 3 is 3.04 bits per heavy atom. The van der Waals surface area contributed by atoms with Crippen LogP contribution in [0.15, 0.2) is 24.3 Å². The Morgan fingerprint density at radius 2 is 2.21 bits per heavy atom. The van der Waals surface area contributed by atoms with Crippen molar-refractivity contribution in [3.8, 4) is 5.13 Å². The Balaban J connectivity index is 1.73. The van der Waals surface area contributed by atoms with E-state index in [0.29, 0.717) is 6.42 Å². The number of nitrogens with zero attached hydrogens (tertiary/aromatic N) is 3. The van der Waals surface area contributed by atoms with Gasteiger partial charge >= 0.3 is 0 Å². The highest BCUT2D eigenvalue weighted by atomic mass is 32.1.